The third-order valence-electron chi connectivity index (χ3n) is 5.30. The van der Waals surface area contributed by atoms with Crippen LogP contribution in [-0.4, -0.2) is 65.0 Å². The fourth-order valence-electron chi connectivity index (χ4n) is 3.93. The van der Waals surface area contributed by atoms with Gasteiger partial charge in [0.05, 0.1) is 12.3 Å². The summed E-state index contributed by atoms with van der Waals surface area (Å²) in [4.78, 5) is 39.8. The number of carboxylic acid groups (broad SMARTS) is 1. The Morgan fingerprint density at radius 3 is 2.56 bits per heavy atom. The number of hydrogen-bond acceptors (Lipinski definition) is 4. The zero-order valence-corrected chi connectivity index (χ0v) is 15.4. The van der Waals surface area contributed by atoms with Crippen molar-refractivity contribution in [3.05, 3.63) is 30.3 Å². The maximum Gasteiger partial charge on any atom is 0.305 e. The van der Waals surface area contributed by atoms with Crippen molar-refractivity contribution in [2.75, 3.05) is 26.2 Å². The summed E-state index contributed by atoms with van der Waals surface area (Å²) >= 11 is 0. The molecule has 1 aromatic carbocycles. The number of ether oxygens (including phenoxy) is 1. The Morgan fingerprint density at radius 2 is 1.81 bits per heavy atom. The monoisotopic (exact) mass is 374 g/mol. The number of carboxylic acids is 1. The first kappa shape index (κ1) is 19.2. The Kier molecular flexibility index (Phi) is 6.32. The molecule has 2 atom stereocenters. The van der Waals surface area contributed by atoms with E-state index in [-0.39, 0.29) is 36.8 Å². The maximum atomic E-state index is 12.9. The van der Waals surface area contributed by atoms with Gasteiger partial charge >= 0.3 is 5.97 Å². The minimum atomic E-state index is -0.877. The molecule has 0 bridgehead atoms. The lowest BCUT2D eigenvalue weighted by atomic mass is 9.96. The zero-order valence-electron chi connectivity index (χ0n) is 15.4. The van der Waals surface area contributed by atoms with Crippen LogP contribution in [-0.2, 0) is 14.4 Å². The number of carbonyl (C=O) groups is 3. The summed E-state index contributed by atoms with van der Waals surface area (Å²) in [7, 11) is 0. The predicted molar refractivity (Wildman–Crippen MR) is 98.2 cm³/mol. The fourth-order valence-corrected chi connectivity index (χ4v) is 3.93. The fraction of sp³-hybridized carbons (Fsp3) is 0.550. The summed E-state index contributed by atoms with van der Waals surface area (Å²) in [6.07, 6.45) is 3.07. The molecule has 2 aliphatic rings. The number of nitrogens with zero attached hydrogens (tertiary/aromatic N) is 2. The number of carbonyl (C=O) groups excluding carboxylic acids is 2. The van der Waals surface area contributed by atoms with E-state index in [1.54, 1.807) is 21.9 Å². The van der Waals surface area contributed by atoms with Crippen molar-refractivity contribution < 1.29 is 24.2 Å². The van der Waals surface area contributed by atoms with Gasteiger partial charge < -0.3 is 19.6 Å². The molecule has 2 saturated heterocycles. The molecule has 0 saturated carbocycles. The summed E-state index contributed by atoms with van der Waals surface area (Å²) in [5.74, 6) is -0.629. The quantitative estimate of drug-likeness (QED) is 0.820. The molecule has 7 nitrogen and oxygen atoms in total. The van der Waals surface area contributed by atoms with E-state index in [0.29, 0.717) is 25.4 Å². The molecule has 2 amide bonds. The van der Waals surface area contributed by atoms with E-state index in [2.05, 4.69) is 0 Å². The molecule has 0 spiro atoms. The number of benzene rings is 1. The number of likely N-dealkylation sites (tertiary alicyclic amines) is 2. The topological polar surface area (TPSA) is 87.2 Å². The molecule has 2 aliphatic heterocycles. The van der Waals surface area contributed by atoms with Crippen LogP contribution in [0.2, 0.25) is 0 Å². The molecule has 0 aliphatic carbocycles. The van der Waals surface area contributed by atoms with Gasteiger partial charge in [0.2, 0.25) is 5.91 Å². The largest absolute Gasteiger partial charge is 0.484 e. The second kappa shape index (κ2) is 8.88. The lowest BCUT2D eigenvalue weighted by Crippen LogP contribution is -2.49. The molecule has 1 N–H and O–H groups in total. The molecule has 0 aromatic heterocycles. The van der Waals surface area contributed by atoms with Gasteiger partial charge in [-0.05, 0) is 37.8 Å². The lowest BCUT2D eigenvalue weighted by Gasteiger charge is -2.35. The first-order valence-corrected chi connectivity index (χ1v) is 9.52. The van der Waals surface area contributed by atoms with Crippen molar-refractivity contribution in [3.8, 4) is 5.75 Å². The average molecular weight is 374 g/mol. The number of piperidine rings is 1. The minimum absolute atomic E-state index is 0.00792. The number of amides is 2. The molecular weight excluding hydrogens is 348 g/mol. The zero-order chi connectivity index (χ0) is 19.2. The molecule has 2 unspecified atom stereocenters. The Balaban J connectivity index is 1.54. The third kappa shape index (κ3) is 4.99. The van der Waals surface area contributed by atoms with Gasteiger partial charge in [0.1, 0.15) is 5.75 Å². The smallest absolute Gasteiger partial charge is 0.305 e. The van der Waals surface area contributed by atoms with Gasteiger partial charge in [-0.25, -0.2) is 0 Å². The predicted octanol–water partition coefficient (Wildman–Crippen LogP) is 1.77. The second-order valence-electron chi connectivity index (χ2n) is 7.21. The number of para-hydroxylation sites is 1. The summed E-state index contributed by atoms with van der Waals surface area (Å²) in [6, 6.07) is 8.95. The number of aliphatic carboxylic acids is 1. The van der Waals surface area contributed by atoms with Crippen LogP contribution >= 0.6 is 0 Å². The first-order chi connectivity index (χ1) is 13.0. The molecule has 0 radical (unpaired) electrons. The van der Waals surface area contributed by atoms with Crippen LogP contribution in [0.1, 0.15) is 32.1 Å². The molecule has 3 rings (SSSR count). The highest BCUT2D eigenvalue weighted by Crippen LogP contribution is 2.26. The van der Waals surface area contributed by atoms with Gasteiger partial charge in [-0.2, -0.15) is 0 Å². The van der Waals surface area contributed by atoms with E-state index < -0.39 is 5.97 Å². The van der Waals surface area contributed by atoms with Crippen molar-refractivity contribution >= 4 is 17.8 Å². The van der Waals surface area contributed by atoms with Crippen molar-refractivity contribution in [1.82, 2.24) is 9.80 Å². The Morgan fingerprint density at radius 1 is 1.07 bits per heavy atom. The highest BCUT2D eigenvalue weighted by molar-refractivity contribution is 5.83. The molecule has 1 aromatic rings. The van der Waals surface area contributed by atoms with Gasteiger partial charge in [0.25, 0.3) is 5.91 Å². The Hall–Kier alpha value is -2.57. The molecule has 2 heterocycles. The summed E-state index contributed by atoms with van der Waals surface area (Å²) in [6.45, 7) is 1.57. The normalized spacial score (nSPS) is 22.5. The van der Waals surface area contributed by atoms with E-state index in [9.17, 15) is 14.4 Å². The summed E-state index contributed by atoms with van der Waals surface area (Å²) in [5.41, 5.74) is 0. The van der Waals surface area contributed by atoms with Gasteiger partial charge in [0, 0.05) is 25.7 Å². The van der Waals surface area contributed by atoms with E-state index in [1.807, 2.05) is 18.2 Å². The van der Waals surface area contributed by atoms with Crippen LogP contribution in [0.25, 0.3) is 0 Å². The van der Waals surface area contributed by atoms with Gasteiger partial charge in [-0.15, -0.1) is 0 Å². The Bertz CT molecular complexity index is 678. The van der Waals surface area contributed by atoms with Crippen LogP contribution in [0, 0.1) is 5.92 Å². The van der Waals surface area contributed by atoms with E-state index in [0.717, 1.165) is 25.7 Å². The molecular formula is C20H26N2O5. The van der Waals surface area contributed by atoms with Gasteiger partial charge in [0.15, 0.2) is 6.61 Å². The van der Waals surface area contributed by atoms with Crippen LogP contribution in [0.15, 0.2) is 30.3 Å². The highest BCUT2D eigenvalue weighted by Gasteiger charge is 2.36. The van der Waals surface area contributed by atoms with Gasteiger partial charge in [-0.1, -0.05) is 18.2 Å². The van der Waals surface area contributed by atoms with Crippen molar-refractivity contribution in [1.29, 1.82) is 0 Å². The van der Waals surface area contributed by atoms with Crippen LogP contribution in [0.4, 0.5) is 0 Å². The van der Waals surface area contributed by atoms with E-state index >= 15 is 0 Å². The van der Waals surface area contributed by atoms with Crippen LogP contribution in [0.3, 0.4) is 0 Å². The molecule has 2 fully saturated rings. The number of hydrogen-bond donors (Lipinski definition) is 1. The third-order valence-corrected chi connectivity index (χ3v) is 5.30. The standard InChI is InChI=1S/C20H26N2O5/c23-18(14-27-17-8-2-1-3-9-17)21-10-4-6-15(13-21)20(26)22-11-5-7-16(22)12-19(24)25/h1-3,8-9,15-16H,4-7,10-14H2,(H,24,25). The maximum absolute atomic E-state index is 12.9. The van der Waals surface area contributed by atoms with Crippen molar-refractivity contribution in [2.45, 2.75) is 38.1 Å². The molecule has 146 valence electrons. The second-order valence-corrected chi connectivity index (χ2v) is 7.21. The molecule has 7 heteroatoms. The van der Waals surface area contributed by atoms with Crippen LogP contribution in [0.5, 0.6) is 5.75 Å². The minimum Gasteiger partial charge on any atom is -0.484 e. The highest BCUT2D eigenvalue weighted by atomic mass is 16.5. The molecule has 27 heavy (non-hydrogen) atoms. The van der Waals surface area contributed by atoms with E-state index in [4.69, 9.17) is 9.84 Å². The first-order valence-electron chi connectivity index (χ1n) is 9.52. The van der Waals surface area contributed by atoms with E-state index in [1.165, 1.54) is 0 Å². The summed E-state index contributed by atoms with van der Waals surface area (Å²) < 4.78 is 5.53. The lowest BCUT2D eigenvalue weighted by molar-refractivity contribution is -0.143. The van der Waals surface area contributed by atoms with Crippen LogP contribution < -0.4 is 4.74 Å². The summed E-state index contributed by atoms with van der Waals surface area (Å²) in [5, 5.41) is 9.05. The van der Waals surface area contributed by atoms with Crippen molar-refractivity contribution in [2.24, 2.45) is 5.92 Å². The van der Waals surface area contributed by atoms with Gasteiger partial charge in [-0.3, -0.25) is 14.4 Å². The van der Waals surface area contributed by atoms with Crippen molar-refractivity contribution in [3.63, 3.8) is 0 Å². The SMILES string of the molecule is O=C(O)CC1CCCN1C(=O)C1CCCN(C(=O)COc2ccccc2)C1. The number of rotatable bonds is 6. The Labute approximate surface area is 158 Å². The average Bonchev–Trinajstić information content (AvgIpc) is 3.13.